The minimum absolute atomic E-state index is 0.0664. The number of morpholine rings is 1. The van der Waals surface area contributed by atoms with Crippen molar-refractivity contribution in [1.82, 2.24) is 9.62 Å². The molecule has 1 aliphatic heterocycles. The monoisotopic (exact) mass is 412 g/mol. The van der Waals surface area contributed by atoms with Gasteiger partial charge in [-0.2, -0.15) is 0 Å². The van der Waals surface area contributed by atoms with E-state index in [1.54, 1.807) is 11.8 Å². The van der Waals surface area contributed by atoms with Gasteiger partial charge in [-0.1, -0.05) is 6.92 Å². The molecule has 1 fully saturated rings. The van der Waals surface area contributed by atoms with Gasteiger partial charge in [-0.15, -0.1) is 0 Å². The van der Waals surface area contributed by atoms with E-state index in [4.69, 9.17) is 9.47 Å². The number of esters is 1. The van der Waals surface area contributed by atoms with E-state index in [1.165, 1.54) is 24.3 Å². The molecule has 2 rings (SSSR count). The van der Waals surface area contributed by atoms with Crippen LogP contribution in [0.2, 0.25) is 0 Å². The van der Waals surface area contributed by atoms with Gasteiger partial charge < -0.3 is 14.4 Å². The van der Waals surface area contributed by atoms with Crippen LogP contribution in [0.25, 0.3) is 0 Å². The zero-order valence-electron chi connectivity index (χ0n) is 16.7. The van der Waals surface area contributed by atoms with Crippen molar-refractivity contribution in [1.29, 1.82) is 0 Å². The molecule has 0 unspecified atom stereocenters. The van der Waals surface area contributed by atoms with Crippen LogP contribution in [0.15, 0.2) is 29.2 Å². The van der Waals surface area contributed by atoms with Gasteiger partial charge in [-0.05, 0) is 51.5 Å². The van der Waals surface area contributed by atoms with E-state index in [0.717, 1.165) is 0 Å². The van der Waals surface area contributed by atoms with E-state index in [0.29, 0.717) is 19.5 Å². The Labute approximate surface area is 166 Å². The van der Waals surface area contributed by atoms with Gasteiger partial charge in [0.15, 0.2) is 6.61 Å². The van der Waals surface area contributed by atoms with Crippen LogP contribution in [0.3, 0.4) is 0 Å². The summed E-state index contributed by atoms with van der Waals surface area (Å²) in [5, 5.41) is 0. The van der Waals surface area contributed by atoms with Crippen LogP contribution >= 0.6 is 0 Å². The van der Waals surface area contributed by atoms with Gasteiger partial charge in [0, 0.05) is 19.1 Å². The molecule has 1 aromatic carbocycles. The molecule has 0 saturated carbocycles. The maximum Gasteiger partial charge on any atom is 0.338 e. The summed E-state index contributed by atoms with van der Waals surface area (Å²) in [4.78, 5) is 26.1. The first kappa shape index (κ1) is 22.3. The van der Waals surface area contributed by atoms with E-state index >= 15 is 0 Å². The molecular weight excluding hydrogens is 384 g/mol. The van der Waals surface area contributed by atoms with E-state index in [1.807, 2.05) is 20.8 Å². The highest BCUT2D eigenvalue weighted by Crippen LogP contribution is 2.14. The second-order valence-electron chi connectivity index (χ2n) is 7.09. The summed E-state index contributed by atoms with van der Waals surface area (Å²) in [6.07, 6.45) is 0.530. The molecule has 1 N–H and O–H groups in total. The predicted octanol–water partition coefficient (Wildman–Crippen LogP) is 1.56. The number of amides is 1. The third-order valence-corrected chi connectivity index (χ3v) is 6.07. The smallest absolute Gasteiger partial charge is 0.338 e. The Bertz CT molecular complexity index is 783. The van der Waals surface area contributed by atoms with Gasteiger partial charge in [-0.25, -0.2) is 17.9 Å². The van der Waals surface area contributed by atoms with Crippen LogP contribution < -0.4 is 4.72 Å². The number of nitrogens with zero attached hydrogens (tertiary/aromatic N) is 1. The highest BCUT2D eigenvalue weighted by Gasteiger charge is 2.26. The molecule has 156 valence electrons. The summed E-state index contributed by atoms with van der Waals surface area (Å²) in [6.45, 7) is 7.96. The molecular formula is C19H28N2O6S. The number of sulfonamides is 1. The third-order valence-electron chi connectivity index (χ3n) is 4.47. The molecule has 1 amide bonds. The minimum Gasteiger partial charge on any atom is -0.452 e. The molecule has 0 spiro atoms. The van der Waals surface area contributed by atoms with Crippen molar-refractivity contribution in [3.63, 3.8) is 0 Å². The van der Waals surface area contributed by atoms with E-state index in [2.05, 4.69) is 4.72 Å². The van der Waals surface area contributed by atoms with Gasteiger partial charge in [0.05, 0.1) is 22.7 Å². The van der Waals surface area contributed by atoms with Crippen molar-refractivity contribution in [2.75, 3.05) is 19.7 Å². The number of benzene rings is 1. The molecule has 1 aromatic rings. The van der Waals surface area contributed by atoms with E-state index in [-0.39, 0.29) is 41.2 Å². The largest absolute Gasteiger partial charge is 0.452 e. The van der Waals surface area contributed by atoms with Gasteiger partial charge >= 0.3 is 5.97 Å². The Morgan fingerprint density at radius 2 is 1.79 bits per heavy atom. The normalized spacial score (nSPS) is 21.2. The van der Waals surface area contributed by atoms with Crippen molar-refractivity contribution in [2.24, 2.45) is 0 Å². The van der Waals surface area contributed by atoms with Gasteiger partial charge in [0.2, 0.25) is 10.0 Å². The number of rotatable bonds is 7. The summed E-state index contributed by atoms with van der Waals surface area (Å²) >= 11 is 0. The molecule has 0 aromatic heterocycles. The fraction of sp³-hybridized carbons (Fsp3) is 0.579. The van der Waals surface area contributed by atoms with Gasteiger partial charge in [-0.3, -0.25) is 4.79 Å². The van der Waals surface area contributed by atoms with Crippen LogP contribution in [0.5, 0.6) is 0 Å². The second-order valence-corrected chi connectivity index (χ2v) is 8.80. The molecule has 28 heavy (non-hydrogen) atoms. The first-order valence-electron chi connectivity index (χ1n) is 9.35. The average molecular weight is 413 g/mol. The Hall–Kier alpha value is -1.97. The zero-order chi connectivity index (χ0) is 20.9. The third kappa shape index (κ3) is 6.02. The maximum absolute atomic E-state index is 12.2. The van der Waals surface area contributed by atoms with E-state index < -0.39 is 16.0 Å². The molecule has 9 heteroatoms. The second kappa shape index (κ2) is 9.49. The molecule has 1 aliphatic rings. The summed E-state index contributed by atoms with van der Waals surface area (Å²) in [5.41, 5.74) is 0.180. The van der Waals surface area contributed by atoms with Crippen molar-refractivity contribution < 1.29 is 27.5 Å². The lowest BCUT2D eigenvalue weighted by Gasteiger charge is -2.35. The molecule has 0 aliphatic carbocycles. The van der Waals surface area contributed by atoms with Crippen LogP contribution in [0.4, 0.5) is 0 Å². The maximum atomic E-state index is 12.2. The summed E-state index contributed by atoms with van der Waals surface area (Å²) in [5.74, 6) is -0.964. The number of carbonyl (C=O) groups excluding carboxylic acids is 2. The fourth-order valence-corrected chi connectivity index (χ4v) is 4.20. The van der Waals surface area contributed by atoms with Crippen molar-refractivity contribution in [3.8, 4) is 0 Å². The number of ether oxygens (including phenoxy) is 2. The molecule has 8 nitrogen and oxygen atoms in total. The Kier molecular flexibility index (Phi) is 7.56. The zero-order valence-corrected chi connectivity index (χ0v) is 17.5. The Morgan fingerprint density at radius 1 is 1.21 bits per heavy atom. The Morgan fingerprint density at radius 3 is 2.32 bits per heavy atom. The summed E-state index contributed by atoms with van der Waals surface area (Å²) in [7, 11) is -3.64. The molecule has 1 saturated heterocycles. The van der Waals surface area contributed by atoms with Crippen molar-refractivity contribution in [2.45, 2.75) is 57.3 Å². The highest BCUT2D eigenvalue weighted by atomic mass is 32.2. The van der Waals surface area contributed by atoms with Crippen LogP contribution in [0, 0.1) is 0 Å². The standard InChI is InChI=1S/C19H28N2O6S/c1-5-13(2)20-28(24,25)17-8-6-16(7-9-17)19(23)26-12-18(22)21-10-14(3)27-15(4)11-21/h6-9,13-15,20H,5,10-12H2,1-4H3/t13-,14-,15+/m1/s1. The molecule has 1 heterocycles. The van der Waals surface area contributed by atoms with Crippen LogP contribution in [-0.4, -0.2) is 63.1 Å². The number of nitrogens with one attached hydrogen (secondary N) is 1. The van der Waals surface area contributed by atoms with Crippen LogP contribution in [0.1, 0.15) is 44.5 Å². The molecule has 0 radical (unpaired) electrons. The van der Waals surface area contributed by atoms with Gasteiger partial charge in [0.1, 0.15) is 0 Å². The summed E-state index contributed by atoms with van der Waals surface area (Å²) < 4.78 is 37.7. The average Bonchev–Trinajstić information content (AvgIpc) is 2.64. The predicted molar refractivity (Wildman–Crippen MR) is 103 cm³/mol. The Balaban J connectivity index is 1.93. The summed E-state index contributed by atoms with van der Waals surface area (Å²) in [6, 6.07) is 5.24. The SMILES string of the molecule is CC[C@@H](C)NS(=O)(=O)c1ccc(C(=O)OCC(=O)N2C[C@@H](C)O[C@@H](C)C2)cc1. The lowest BCUT2D eigenvalue weighted by molar-refractivity contribution is -0.146. The minimum atomic E-state index is -3.64. The quantitative estimate of drug-likeness (QED) is 0.682. The van der Waals surface area contributed by atoms with Crippen LogP contribution in [-0.2, 0) is 24.3 Å². The van der Waals surface area contributed by atoms with Crippen molar-refractivity contribution in [3.05, 3.63) is 29.8 Å². The topological polar surface area (TPSA) is 102 Å². The molecule has 3 atom stereocenters. The fourth-order valence-electron chi connectivity index (χ4n) is 2.87. The lowest BCUT2D eigenvalue weighted by Crippen LogP contribution is -2.49. The van der Waals surface area contributed by atoms with E-state index in [9.17, 15) is 18.0 Å². The number of hydrogen-bond donors (Lipinski definition) is 1. The first-order valence-corrected chi connectivity index (χ1v) is 10.8. The lowest BCUT2D eigenvalue weighted by atomic mass is 10.2. The number of hydrogen-bond acceptors (Lipinski definition) is 6. The molecule has 0 bridgehead atoms. The van der Waals surface area contributed by atoms with Crippen molar-refractivity contribution >= 4 is 21.9 Å². The first-order chi connectivity index (χ1) is 13.1. The highest BCUT2D eigenvalue weighted by molar-refractivity contribution is 7.89. The number of carbonyl (C=O) groups is 2. The van der Waals surface area contributed by atoms with Gasteiger partial charge in [0.25, 0.3) is 5.91 Å².